The smallest absolute Gasteiger partial charge is 0.317 e. The first kappa shape index (κ1) is 16.4. The van der Waals surface area contributed by atoms with Crippen LogP contribution in [0.1, 0.15) is 28.8 Å². The number of fused-ring (bicyclic) bond motifs is 1. The number of hydrogen-bond donors (Lipinski definition) is 1. The van der Waals surface area contributed by atoms with Gasteiger partial charge in [-0.2, -0.15) is 0 Å². The van der Waals surface area contributed by atoms with E-state index in [1.54, 1.807) is 0 Å². The Hall–Kier alpha value is -2.08. The molecule has 6 heteroatoms. The van der Waals surface area contributed by atoms with Gasteiger partial charge in [-0.25, -0.2) is 4.79 Å². The highest BCUT2D eigenvalue weighted by atomic mass is 16.5. The molecule has 1 aromatic carbocycles. The van der Waals surface area contributed by atoms with Gasteiger partial charge in [-0.1, -0.05) is 18.2 Å². The van der Waals surface area contributed by atoms with E-state index in [1.165, 1.54) is 0 Å². The van der Waals surface area contributed by atoms with Crippen LogP contribution in [0.15, 0.2) is 24.3 Å². The van der Waals surface area contributed by atoms with Crippen molar-refractivity contribution in [2.24, 2.45) is 5.41 Å². The summed E-state index contributed by atoms with van der Waals surface area (Å²) in [7, 11) is 0. The van der Waals surface area contributed by atoms with Crippen molar-refractivity contribution in [3.63, 3.8) is 0 Å². The minimum Gasteiger partial charge on any atom is -0.381 e. The average molecular weight is 343 g/mol. The number of ether oxygens (including phenoxy) is 1. The Morgan fingerprint density at radius 3 is 2.96 bits per heavy atom. The molecule has 0 aliphatic carbocycles. The molecule has 0 aromatic heterocycles. The summed E-state index contributed by atoms with van der Waals surface area (Å²) in [6.07, 6.45) is 2.96. The van der Waals surface area contributed by atoms with E-state index in [4.69, 9.17) is 4.74 Å². The maximum absolute atomic E-state index is 12.5. The molecule has 3 heterocycles. The molecule has 1 N–H and O–H groups in total. The van der Waals surface area contributed by atoms with Gasteiger partial charge in [0.2, 0.25) is 0 Å². The molecular formula is C19H25N3O3. The van der Waals surface area contributed by atoms with Crippen molar-refractivity contribution in [3.8, 4) is 0 Å². The van der Waals surface area contributed by atoms with Gasteiger partial charge in [-0.15, -0.1) is 0 Å². The topological polar surface area (TPSA) is 61.9 Å². The number of hydrogen-bond acceptors (Lipinski definition) is 3. The third-order valence-corrected chi connectivity index (χ3v) is 5.75. The molecule has 6 nitrogen and oxygen atoms in total. The molecule has 134 valence electrons. The lowest BCUT2D eigenvalue weighted by atomic mass is 9.87. The summed E-state index contributed by atoms with van der Waals surface area (Å²) in [5.41, 5.74) is 2.10. The highest BCUT2D eigenvalue weighted by molar-refractivity contribution is 5.96. The van der Waals surface area contributed by atoms with Crippen molar-refractivity contribution >= 4 is 11.9 Å². The second kappa shape index (κ2) is 6.67. The Morgan fingerprint density at radius 2 is 2.12 bits per heavy atom. The van der Waals surface area contributed by atoms with Crippen LogP contribution in [-0.2, 0) is 11.2 Å². The van der Waals surface area contributed by atoms with Crippen molar-refractivity contribution in [3.05, 3.63) is 35.4 Å². The van der Waals surface area contributed by atoms with Gasteiger partial charge in [0.15, 0.2) is 0 Å². The zero-order chi connectivity index (χ0) is 17.3. The fraction of sp³-hybridized carbons (Fsp3) is 0.579. The fourth-order valence-corrected chi connectivity index (χ4v) is 4.18. The number of amides is 3. The first-order chi connectivity index (χ1) is 12.2. The van der Waals surface area contributed by atoms with Gasteiger partial charge in [0.05, 0.1) is 6.61 Å². The van der Waals surface area contributed by atoms with E-state index >= 15 is 0 Å². The average Bonchev–Trinajstić information content (AvgIpc) is 3.27. The summed E-state index contributed by atoms with van der Waals surface area (Å²) in [4.78, 5) is 28.6. The maximum Gasteiger partial charge on any atom is 0.317 e. The number of nitrogens with zero attached hydrogens (tertiary/aromatic N) is 2. The van der Waals surface area contributed by atoms with Crippen LogP contribution in [0.4, 0.5) is 4.79 Å². The quantitative estimate of drug-likeness (QED) is 0.905. The van der Waals surface area contributed by atoms with Gasteiger partial charge in [0, 0.05) is 50.3 Å². The van der Waals surface area contributed by atoms with Gasteiger partial charge in [0.25, 0.3) is 5.91 Å². The summed E-state index contributed by atoms with van der Waals surface area (Å²) in [5.74, 6) is 0.0688. The molecular weight excluding hydrogens is 318 g/mol. The van der Waals surface area contributed by atoms with Crippen LogP contribution in [0, 0.1) is 5.41 Å². The Kier molecular flexibility index (Phi) is 4.37. The minimum absolute atomic E-state index is 0.0198. The predicted molar refractivity (Wildman–Crippen MR) is 93.5 cm³/mol. The van der Waals surface area contributed by atoms with Crippen LogP contribution in [-0.4, -0.2) is 67.7 Å². The summed E-state index contributed by atoms with van der Waals surface area (Å²) < 4.78 is 5.51. The third kappa shape index (κ3) is 3.23. The van der Waals surface area contributed by atoms with Crippen LogP contribution in [0.5, 0.6) is 0 Å². The number of nitrogens with one attached hydrogen (secondary N) is 1. The molecule has 2 fully saturated rings. The molecule has 0 bridgehead atoms. The van der Waals surface area contributed by atoms with E-state index < -0.39 is 0 Å². The van der Waals surface area contributed by atoms with E-state index in [1.807, 2.05) is 34.1 Å². The van der Waals surface area contributed by atoms with Gasteiger partial charge in [-0.05, 0) is 30.9 Å². The van der Waals surface area contributed by atoms with Gasteiger partial charge in [0.1, 0.15) is 0 Å². The summed E-state index contributed by atoms with van der Waals surface area (Å²) >= 11 is 0. The van der Waals surface area contributed by atoms with Crippen molar-refractivity contribution in [2.45, 2.75) is 19.3 Å². The molecule has 25 heavy (non-hydrogen) atoms. The standard InChI is InChI=1S/C19H25N3O3/c23-17-16-4-2-1-3-15(16)5-9-21(17)11-8-20-18(24)22-10-6-19(13-22)7-12-25-14-19/h1-4H,5-14H2,(H,20,24)/t19-/m0/s1. The van der Waals surface area contributed by atoms with Crippen LogP contribution < -0.4 is 5.32 Å². The maximum atomic E-state index is 12.5. The molecule has 0 saturated carbocycles. The number of urea groups is 1. The van der Waals surface area contributed by atoms with Crippen LogP contribution in [0.3, 0.4) is 0 Å². The van der Waals surface area contributed by atoms with E-state index in [-0.39, 0.29) is 17.4 Å². The molecule has 2 saturated heterocycles. The Bertz CT molecular complexity index is 670. The molecule has 1 spiro atoms. The van der Waals surface area contributed by atoms with Crippen molar-refractivity contribution in [2.75, 3.05) is 45.9 Å². The highest BCUT2D eigenvalue weighted by Crippen LogP contribution is 2.38. The van der Waals surface area contributed by atoms with E-state index in [0.29, 0.717) is 13.1 Å². The van der Waals surface area contributed by atoms with Crippen LogP contribution >= 0.6 is 0 Å². The van der Waals surface area contributed by atoms with E-state index in [9.17, 15) is 9.59 Å². The number of benzene rings is 1. The lowest BCUT2D eigenvalue weighted by molar-refractivity contribution is 0.0740. The zero-order valence-electron chi connectivity index (χ0n) is 14.5. The van der Waals surface area contributed by atoms with Gasteiger partial charge < -0.3 is 19.9 Å². The molecule has 1 aromatic rings. The fourth-order valence-electron chi connectivity index (χ4n) is 4.18. The van der Waals surface area contributed by atoms with Crippen LogP contribution in [0.25, 0.3) is 0 Å². The molecule has 3 aliphatic rings. The largest absolute Gasteiger partial charge is 0.381 e. The molecule has 0 radical (unpaired) electrons. The Balaban J connectivity index is 1.26. The molecule has 3 aliphatic heterocycles. The number of carbonyl (C=O) groups is 2. The molecule has 1 atom stereocenters. The first-order valence-corrected chi connectivity index (χ1v) is 9.15. The zero-order valence-corrected chi connectivity index (χ0v) is 14.5. The monoisotopic (exact) mass is 343 g/mol. The number of rotatable bonds is 3. The van der Waals surface area contributed by atoms with Crippen LogP contribution in [0.2, 0.25) is 0 Å². The summed E-state index contributed by atoms with van der Waals surface area (Å²) in [5, 5.41) is 2.98. The van der Waals surface area contributed by atoms with Crippen molar-refractivity contribution in [1.29, 1.82) is 0 Å². The predicted octanol–water partition coefficient (Wildman–Crippen LogP) is 1.51. The second-order valence-corrected chi connectivity index (χ2v) is 7.41. The molecule has 0 unspecified atom stereocenters. The van der Waals surface area contributed by atoms with Crippen molar-refractivity contribution in [1.82, 2.24) is 15.1 Å². The molecule has 4 rings (SSSR count). The second-order valence-electron chi connectivity index (χ2n) is 7.41. The van der Waals surface area contributed by atoms with Gasteiger partial charge in [-0.3, -0.25) is 4.79 Å². The van der Waals surface area contributed by atoms with E-state index in [2.05, 4.69) is 5.32 Å². The summed E-state index contributed by atoms with van der Waals surface area (Å²) in [6, 6.07) is 7.75. The minimum atomic E-state index is -0.0198. The SMILES string of the molecule is O=C(NCCN1CCc2ccccc2C1=O)N1CC[C@]2(CCOC2)C1. The van der Waals surface area contributed by atoms with Gasteiger partial charge >= 0.3 is 6.03 Å². The lowest BCUT2D eigenvalue weighted by Gasteiger charge is -2.29. The normalized spacial score (nSPS) is 25.5. The number of likely N-dealkylation sites (tertiary alicyclic amines) is 1. The van der Waals surface area contributed by atoms with Crippen molar-refractivity contribution < 1.29 is 14.3 Å². The third-order valence-electron chi connectivity index (χ3n) is 5.75. The van der Waals surface area contributed by atoms with E-state index in [0.717, 1.165) is 63.2 Å². The Labute approximate surface area is 148 Å². The highest BCUT2D eigenvalue weighted by Gasteiger charge is 2.42. The first-order valence-electron chi connectivity index (χ1n) is 9.15. The Morgan fingerprint density at radius 1 is 1.24 bits per heavy atom. The lowest BCUT2D eigenvalue weighted by Crippen LogP contribution is -2.45. The number of carbonyl (C=O) groups excluding carboxylic acids is 2. The molecule has 3 amide bonds. The summed E-state index contributed by atoms with van der Waals surface area (Å²) in [6.45, 7) is 4.94.